The second-order valence-corrected chi connectivity index (χ2v) is 4.33. The van der Waals surface area contributed by atoms with Crippen molar-refractivity contribution in [1.29, 1.82) is 0 Å². The van der Waals surface area contributed by atoms with E-state index in [2.05, 4.69) is 4.98 Å². The SMILES string of the molecule is Cc1cccc2nc(-c3cccc([N+](=O)[O-])c3)cn12.[I-]. The lowest BCUT2D eigenvalue weighted by molar-refractivity contribution is -0.384. The largest absolute Gasteiger partial charge is 1.00 e. The van der Waals surface area contributed by atoms with Gasteiger partial charge in [0.05, 0.1) is 10.6 Å². The fourth-order valence-electron chi connectivity index (χ4n) is 2.07. The van der Waals surface area contributed by atoms with Gasteiger partial charge in [-0.1, -0.05) is 18.2 Å². The van der Waals surface area contributed by atoms with E-state index in [1.165, 1.54) is 12.1 Å². The van der Waals surface area contributed by atoms with Crippen LogP contribution in [0.25, 0.3) is 16.9 Å². The molecule has 0 unspecified atom stereocenters. The highest BCUT2D eigenvalue weighted by atomic mass is 127. The first kappa shape index (κ1) is 14.4. The Hall–Kier alpha value is -1.96. The van der Waals surface area contributed by atoms with Crippen molar-refractivity contribution in [2.75, 3.05) is 0 Å². The zero-order valence-corrected chi connectivity index (χ0v) is 12.8. The number of fused-ring (bicyclic) bond motifs is 1. The van der Waals surface area contributed by atoms with Gasteiger partial charge in [-0.05, 0) is 19.1 Å². The molecule has 0 saturated heterocycles. The third-order valence-corrected chi connectivity index (χ3v) is 3.05. The van der Waals surface area contributed by atoms with Crippen LogP contribution < -0.4 is 24.0 Å². The lowest BCUT2D eigenvalue weighted by Crippen LogP contribution is -3.00. The summed E-state index contributed by atoms with van der Waals surface area (Å²) in [4.78, 5) is 14.9. The van der Waals surface area contributed by atoms with Crippen LogP contribution in [0.1, 0.15) is 5.69 Å². The van der Waals surface area contributed by atoms with E-state index < -0.39 is 4.92 Å². The van der Waals surface area contributed by atoms with Crippen LogP contribution in [-0.2, 0) is 0 Å². The Morgan fingerprint density at radius 1 is 1.20 bits per heavy atom. The highest BCUT2D eigenvalue weighted by Crippen LogP contribution is 2.23. The number of non-ortho nitro benzene ring substituents is 1. The first-order valence-electron chi connectivity index (χ1n) is 5.85. The molecule has 0 atom stereocenters. The molecule has 1 aromatic carbocycles. The summed E-state index contributed by atoms with van der Waals surface area (Å²) in [6, 6.07) is 12.4. The molecule has 3 aromatic rings. The normalized spacial score (nSPS) is 10.2. The smallest absolute Gasteiger partial charge is 0.270 e. The molecule has 0 saturated carbocycles. The molecule has 102 valence electrons. The number of hydrogen-bond acceptors (Lipinski definition) is 3. The average molecular weight is 380 g/mol. The summed E-state index contributed by atoms with van der Waals surface area (Å²) in [5.74, 6) is 0. The van der Waals surface area contributed by atoms with E-state index in [-0.39, 0.29) is 29.7 Å². The highest BCUT2D eigenvalue weighted by Gasteiger charge is 2.10. The van der Waals surface area contributed by atoms with Gasteiger partial charge < -0.3 is 28.4 Å². The third kappa shape index (κ3) is 2.51. The molecule has 0 aliphatic rings. The number of aromatic nitrogens is 2. The van der Waals surface area contributed by atoms with Crippen molar-refractivity contribution >= 4 is 11.3 Å². The molecule has 3 rings (SSSR count). The summed E-state index contributed by atoms with van der Waals surface area (Å²) >= 11 is 0. The van der Waals surface area contributed by atoms with Crippen molar-refractivity contribution in [2.24, 2.45) is 0 Å². The number of nitro benzene ring substituents is 1. The predicted molar refractivity (Wildman–Crippen MR) is 72.0 cm³/mol. The monoisotopic (exact) mass is 380 g/mol. The van der Waals surface area contributed by atoms with E-state index in [0.717, 1.165) is 22.6 Å². The van der Waals surface area contributed by atoms with Crippen LogP contribution in [0.4, 0.5) is 5.69 Å². The minimum atomic E-state index is -0.398. The van der Waals surface area contributed by atoms with E-state index >= 15 is 0 Å². The zero-order valence-electron chi connectivity index (χ0n) is 10.7. The molecule has 6 heteroatoms. The van der Waals surface area contributed by atoms with Gasteiger partial charge in [0.2, 0.25) is 0 Å². The van der Waals surface area contributed by atoms with Crippen LogP contribution in [0.2, 0.25) is 0 Å². The molecule has 2 heterocycles. The van der Waals surface area contributed by atoms with Crippen molar-refractivity contribution < 1.29 is 28.9 Å². The molecule has 0 spiro atoms. The standard InChI is InChI=1S/C14H11N3O2.HI/c1-10-4-2-7-14-15-13(9-16(10)14)11-5-3-6-12(8-11)17(18)19;/h2-9H,1H3;1H/p-1. The number of rotatable bonds is 2. The van der Waals surface area contributed by atoms with Crippen LogP contribution in [0.3, 0.4) is 0 Å². The number of aryl methyl sites for hydroxylation is 1. The van der Waals surface area contributed by atoms with E-state index in [4.69, 9.17) is 0 Å². The minimum absolute atomic E-state index is 0. The zero-order chi connectivity index (χ0) is 13.4. The number of benzene rings is 1. The first-order valence-corrected chi connectivity index (χ1v) is 5.85. The van der Waals surface area contributed by atoms with Crippen molar-refractivity contribution in [2.45, 2.75) is 6.92 Å². The molecule has 0 bridgehead atoms. The number of nitro groups is 1. The lowest BCUT2D eigenvalue weighted by Gasteiger charge is -1.96. The molecule has 0 radical (unpaired) electrons. The van der Waals surface area contributed by atoms with Gasteiger partial charge in [-0.15, -0.1) is 0 Å². The molecule has 2 aromatic heterocycles. The number of pyridine rings is 1. The van der Waals surface area contributed by atoms with Crippen LogP contribution in [-0.4, -0.2) is 14.3 Å². The van der Waals surface area contributed by atoms with Crippen molar-refractivity contribution in [1.82, 2.24) is 9.38 Å². The number of halogens is 1. The molecule has 0 fully saturated rings. The highest BCUT2D eigenvalue weighted by molar-refractivity contribution is 5.65. The Balaban J connectivity index is 0.00000147. The van der Waals surface area contributed by atoms with Gasteiger partial charge in [0.15, 0.2) is 0 Å². The Kier molecular flexibility index (Phi) is 4.03. The number of imidazole rings is 1. The summed E-state index contributed by atoms with van der Waals surface area (Å²) in [5, 5.41) is 10.8. The van der Waals surface area contributed by atoms with Crippen LogP contribution in [0, 0.1) is 17.0 Å². The molecule has 5 nitrogen and oxygen atoms in total. The minimum Gasteiger partial charge on any atom is -1.00 e. The molecule has 20 heavy (non-hydrogen) atoms. The summed E-state index contributed by atoms with van der Waals surface area (Å²) < 4.78 is 1.97. The maximum atomic E-state index is 10.8. The lowest BCUT2D eigenvalue weighted by atomic mass is 10.1. The Labute approximate surface area is 132 Å². The second-order valence-electron chi connectivity index (χ2n) is 4.33. The topological polar surface area (TPSA) is 60.4 Å². The molecular weight excluding hydrogens is 369 g/mol. The van der Waals surface area contributed by atoms with Crippen LogP contribution >= 0.6 is 0 Å². The maximum absolute atomic E-state index is 10.8. The first-order chi connectivity index (χ1) is 9.15. The van der Waals surface area contributed by atoms with Gasteiger partial charge in [-0.3, -0.25) is 10.1 Å². The summed E-state index contributed by atoms with van der Waals surface area (Å²) in [5.41, 5.74) is 3.46. The van der Waals surface area contributed by atoms with Crippen molar-refractivity contribution in [3.63, 3.8) is 0 Å². The van der Waals surface area contributed by atoms with Gasteiger partial charge in [0, 0.05) is 29.6 Å². The van der Waals surface area contributed by atoms with Gasteiger partial charge in [-0.25, -0.2) is 4.98 Å². The summed E-state index contributed by atoms with van der Waals surface area (Å²) in [6.45, 7) is 1.99. The van der Waals surface area contributed by atoms with Gasteiger partial charge in [-0.2, -0.15) is 0 Å². The molecule has 0 aliphatic carbocycles. The molecular formula is C14H11IN3O2-. The number of nitrogens with zero attached hydrogens (tertiary/aromatic N) is 3. The van der Waals surface area contributed by atoms with Gasteiger partial charge >= 0.3 is 0 Å². The van der Waals surface area contributed by atoms with E-state index in [1.807, 2.05) is 41.8 Å². The van der Waals surface area contributed by atoms with E-state index in [0.29, 0.717) is 0 Å². The molecule has 0 amide bonds. The molecule has 0 N–H and O–H groups in total. The van der Waals surface area contributed by atoms with Gasteiger partial charge in [0.1, 0.15) is 5.65 Å². The van der Waals surface area contributed by atoms with Gasteiger partial charge in [0.25, 0.3) is 5.69 Å². The second kappa shape index (κ2) is 5.58. The quantitative estimate of drug-likeness (QED) is 0.363. The summed E-state index contributed by atoms with van der Waals surface area (Å²) in [6.07, 6.45) is 1.89. The molecule has 0 aliphatic heterocycles. The Morgan fingerprint density at radius 3 is 2.65 bits per heavy atom. The van der Waals surface area contributed by atoms with Crippen LogP contribution in [0.5, 0.6) is 0 Å². The van der Waals surface area contributed by atoms with Crippen molar-refractivity contribution in [3.8, 4) is 11.3 Å². The van der Waals surface area contributed by atoms with Crippen LogP contribution in [0.15, 0.2) is 48.7 Å². The predicted octanol–water partition coefficient (Wildman–Crippen LogP) is 0.222. The Bertz CT molecular complexity index is 783. The van der Waals surface area contributed by atoms with E-state index in [9.17, 15) is 10.1 Å². The van der Waals surface area contributed by atoms with E-state index in [1.54, 1.807) is 6.07 Å². The third-order valence-electron chi connectivity index (χ3n) is 3.05. The number of hydrogen-bond donors (Lipinski definition) is 0. The maximum Gasteiger partial charge on any atom is 0.270 e. The fraction of sp³-hybridized carbons (Fsp3) is 0.0714. The fourth-order valence-corrected chi connectivity index (χ4v) is 2.07. The van der Waals surface area contributed by atoms with Crippen molar-refractivity contribution in [3.05, 3.63) is 64.5 Å². The summed E-state index contributed by atoms with van der Waals surface area (Å²) in [7, 11) is 0. The average Bonchev–Trinajstić information content (AvgIpc) is 2.84. The Morgan fingerprint density at radius 2 is 1.95 bits per heavy atom.